The first-order valence-corrected chi connectivity index (χ1v) is 8.67. The van der Waals surface area contributed by atoms with Gasteiger partial charge in [0.2, 0.25) is 21.8 Å². The predicted octanol–water partition coefficient (Wildman–Crippen LogP) is 1.02. The second-order valence-corrected chi connectivity index (χ2v) is 7.23. The van der Waals surface area contributed by atoms with Crippen LogP contribution in [-0.2, 0) is 16.6 Å². The van der Waals surface area contributed by atoms with Gasteiger partial charge in [-0.15, -0.1) is 10.2 Å². The lowest BCUT2D eigenvalue weighted by molar-refractivity contribution is 0.167. The molecule has 0 atom stereocenters. The summed E-state index contributed by atoms with van der Waals surface area (Å²) < 4.78 is 45.4. The Kier molecular flexibility index (Phi) is 4.42. The second-order valence-electron chi connectivity index (χ2n) is 5.33. The number of nitrogens with zero attached hydrogens (tertiary/aromatic N) is 4. The summed E-state index contributed by atoms with van der Waals surface area (Å²) >= 11 is 0. The van der Waals surface area contributed by atoms with Crippen LogP contribution in [0.15, 0.2) is 33.6 Å². The molecule has 0 aliphatic carbocycles. The van der Waals surface area contributed by atoms with E-state index in [1.807, 2.05) is 4.90 Å². The van der Waals surface area contributed by atoms with Crippen molar-refractivity contribution >= 4 is 10.0 Å². The van der Waals surface area contributed by atoms with Crippen LogP contribution in [0.4, 0.5) is 4.39 Å². The molecule has 0 spiro atoms. The van der Waals surface area contributed by atoms with Gasteiger partial charge in [0.05, 0.1) is 6.54 Å². The van der Waals surface area contributed by atoms with Crippen LogP contribution in [0.5, 0.6) is 0 Å². The van der Waals surface area contributed by atoms with Crippen LogP contribution in [0.25, 0.3) is 0 Å². The molecule has 0 bridgehead atoms. The minimum Gasteiger partial charge on any atom is -0.424 e. The van der Waals surface area contributed by atoms with E-state index in [1.54, 1.807) is 6.92 Å². The molecule has 23 heavy (non-hydrogen) atoms. The average molecular weight is 340 g/mol. The molecule has 1 saturated heterocycles. The third kappa shape index (κ3) is 3.41. The molecule has 0 amide bonds. The maximum atomic E-state index is 13.8. The number of halogens is 1. The van der Waals surface area contributed by atoms with Gasteiger partial charge in [0.25, 0.3) is 0 Å². The Morgan fingerprint density at radius 3 is 2.48 bits per heavy atom. The van der Waals surface area contributed by atoms with Crippen molar-refractivity contribution in [2.45, 2.75) is 18.4 Å². The number of sulfonamides is 1. The minimum atomic E-state index is -3.80. The van der Waals surface area contributed by atoms with Crippen LogP contribution in [0, 0.1) is 12.7 Å². The minimum absolute atomic E-state index is 0.277. The zero-order valence-electron chi connectivity index (χ0n) is 12.6. The molecule has 1 aliphatic rings. The number of hydrogen-bond acceptors (Lipinski definition) is 6. The van der Waals surface area contributed by atoms with Crippen molar-refractivity contribution in [3.8, 4) is 0 Å². The van der Waals surface area contributed by atoms with E-state index in [4.69, 9.17) is 4.42 Å². The van der Waals surface area contributed by atoms with Crippen molar-refractivity contribution in [1.82, 2.24) is 19.4 Å². The highest BCUT2D eigenvalue weighted by Crippen LogP contribution is 2.20. The molecule has 0 radical (unpaired) electrons. The van der Waals surface area contributed by atoms with Gasteiger partial charge in [-0.2, -0.15) is 4.31 Å². The monoisotopic (exact) mass is 340 g/mol. The molecule has 0 saturated carbocycles. The first kappa shape index (κ1) is 16.0. The third-order valence-corrected chi connectivity index (χ3v) is 5.64. The van der Waals surface area contributed by atoms with Crippen LogP contribution in [0.3, 0.4) is 0 Å². The Bertz CT molecular complexity index is 785. The predicted molar refractivity (Wildman–Crippen MR) is 79.5 cm³/mol. The summed E-state index contributed by atoms with van der Waals surface area (Å²) in [5.74, 6) is 0.282. The van der Waals surface area contributed by atoms with Crippen molar-refractivity contribution in [3.05, 3.63) is 41.9 Å². The van der Waals surface area contributed by atoms with E-state index in [9.17, 15) is 12.8 Å². The number of aromatic nitrogens is 2. The zero-order chi connectivity index (χ0) is 16.4. The highest BCUT2D eigenvalue weighted by Gasteiger charge is 2.30. The lowest BCUT2D eigenvalue weighted by atomic mass is 10.3. The maximum Gasteiger partial charge on any atom is 0.246 e. The van der Waals surface area contributed by atoms with E-state index >= 15 is 0 Å². The molecular formula is C14H17FN4O3S. The summed E-state index contributed by atoms with van der Waals surface area (Å²) in [6.07, 6.45) is 0. The lowest BCUT2D eigenvalue weighted by Gasteiger charge is -2.33. The van der Waals surface area contributed by atoms with E-state index < -0.39 is 15.8 Å². The molecule has 1 aromatic carbocycles. The Balaban J connectivity index is 1.65. The van der Waals surface area contributed by atoms with Crippen LogP contribution < -0.4 is 0 Å². The van der Waals surface area contributed by atoms with Gasteiger partial charge in [0.15, 0.2) is 0 Å². The van der Waals surface area contributed by atoms with Crippen molar-refractivity contribution < 1.29 is 17.2 Å². The molecule has 2 heterocycles. The molecule has 0 unspecified atom stereocenters. The molecule has 1 aromatic heterocycles. The van der Waals surface area contributed by atoms with E-state index in [0.29, 0.717) is 44.5 Å². The molecule has 1 aliphatic heterocycles. The molecule has 9 heteroatoms. The highest BCUT2D eigenvalue weighted by atomic mass is 32.2. The van der Waals surface area contributed by atoms with Crippen molar-refractivity contribution in [2.75, 3.05) is 26.2 Å². The Hall–Kier alpha value is -1.84. The summed E-state index contributed by atoms with van der Waals surface area (Å²) in [7, 11) is -3.80. The maximum absolute atomic E-state index is 13.8. The smallest absolute Gasteiger partial charge is 0.246 e. The van der Waals surface area contributed by atoms with Gasteiger partial charge in [-0.25, -0.2) is 12.8 Å². The summed E-state index contributed by atoms with van der Waals surface area (Å²) in [6.45, 7) is 3.83. The second kappa shape index (κ2) is 6.34. The fourth-order valence-electron chi connectivity index (χ4n) is 2.51. The van der Waals surface area contributed by atoms with E-state index in [1.165, 1.54) is 22.5 Å². The van der Waals surface area contributed by atoms with Crippen LogP contribution in [0.1, 0.15) is 11.8 Å². The number of hydrogen-bond donors (Lipinski definition) is 0. The number of aryl methyl sites for hydroxylation is 1. The zero-order valence-corrected chi connectivity index (χ0v) is 13.5. The van der Waals surface area contributed by atoms with Crippen LogP contribution in [0.2, 0.25) is 0 Å². The summed E-state index contributed by atoms with van der Waals surface area (Å²) in [4.78, 5) is 1.75. The first-order valence-electron chi connectivity index (χ1n) is 7.23. The quantitative estimate of drug-likeness (QED) is 0.827. The van der Waals surface area contributed by atoms with Gasteiger partial charge in [-0.05, 0) is 12.1 Å². The molecule has 2 aromatic rings. The van der Waals surface area contributed by atoms with Crippen molar-refractivity contribution in [3.63, 3.8) is 0 Å². The molecule has 7 nitrogen and oxygen atoms in total. The van der Waals surface area contributed by atoms with Crippen LogP contribution in [-0.4, -0.2) is 54.0 Å². The Morgan fingerprint density at radius 1 is 1.17 bits per heavy atom. The fourth-order valence-corrected chi connectivity index (χ4v) is 4.00. The number of rotatable bonds is 4. The number of piperazine rings is 1. The van der Waals surface area contributed by atoms with E-state index in [2.05, 4.69) is 10.2 Å². The Labute approximate surface area is 133 Å². The first-order chi connectivity index (χ1) is 11.0. The van der Waals surface area contributed by atoms with Gasteiger partial charge in [0.1, 0.15) is 10.7 Å². The third-order valence-electron chi connectivity index (χ3n) is 3.71. The average Bonchev–Trinajstić information content (AvgIpc) is 2.93. The van der Waals surface area contributed by atoms with E-state index in [-0.39, 0.29) is 4.90 Å². The normalized spacial score (nSPS) is 17.5. The SMILES string of the molecule is Cc1nnc(CN2CCN(S(=O)(=O)c3ccccc3F)CC2)o1. The standard InChI is InChI=1S/C14H17FN4O3S/c1-11-16-17-14(22-11)10-18-6-8-19(9-7-18)23(20,21)13-5-3-2-4-12(13)15/h2-5H,6-10H2,1H3. The topological polar surface area (TPSA) is 79.5 Å². The van der Waals surface area contributed by atoms with Crippen molar-refractivity contribution in [1.29, 1.82) is 0 Å². The molecule has 1 fully saturated rings. The van der Waals surface area contributed by atoms with E-state index in [0.717, 1.165) is 6.07 Å². The van der Waals surface area contributed by atoms with Crippen LogP contribution >= 0.6 is 0 Å². The van der Waals surface area contributed by atoms with Gasteiger partial charge >= 0.3 is 0 Å². The fraction of sp³-hybridized carbons (Fsp3) is 0.429. The van der Waals surface area contributed by atoms with Gasteiger partial charge in [0, 0.05) is 33.1 Å². The molecule has 0 N–H and O–H groups in total. The van der Waals surface area contributed by atoms with Crippen molar-refractivity contribution in [2.24, 2.45) is 0 Å². The van der Waals surface area contributed by atoms with Gasteiger partial charge in [-0.3, -0.25) is 4.90 Å². The largest absolute Gasteiger partial charge is 0.424 e. The highest BCUT2D eigenvalue weighted by molar-refractivity contribution is 7.89. The number of benzene rings is 1. The molecular weight excluding hydrogens is 323 g/mol. The lowest BCUT2D eigenvalue weighted by Crippen LogP contribution is -2.48. The summed E-state index contributed by atoms with van der Waals surface area (Å²) in [5.41, 5.74) is 0. The Morgan fingerprint density at radius 2 is 1.87 bits per heavy atom. The summed E-state index contributed by atoms with van der Waals surface area (Å²) in [6, 6.07) is 5.43. The summed E-state index contributed by atoms with van der Waals surface area (Å²) in [5, 5.41) is 7.69. The molecule has 124 valence electrons. The van der Waals surface area contributed by atoms with Gasteiger partial charge in [-0.1, -0.05) is 12.1 Å². The molecule has 3 rings (SSSR count). The van der Waals surface area contributed by atoms with Gasteiger partial charge < -0.3 is 4.42 Å².